The molecule has 2 aromatic rings. The minimum Gasteiger partial charge on any atom is -0.484 e. The average molecular weight is 525 g/mol. The van der Waals surface area contributed by atoms with Crippen LogP contribution >= 0.6 is 23.2 Å². The van der Waals surface area contributed by atoms with Crippen LogP contribution in [0.1, 0.15) is 30.9 Å². The van der Waals surface area contributed by atoms with E-state index in [1.165, 1.54) is 12.1 Å². The fourth-order valence-corrected chi connectivity index (χ4v) is 5.08. The van der Waals surface area contributed by atoms with Gasteiger partial charge >= 0.3 is 0 Å². The first kappa shape index (κ1) is 24.1. The van der Waals surface area contributed by atoms with E-state index in [0.29, 0.717) is 29.2 Å². The summed E-state index contributed by atoms with van der Waals surface area (Å²) >= 11 is 11.6. The molecule has 5 rings (SSSR count). The lowest BCUT2D eigenvalue weighted by Crippen LogP contribution is -2.52. The highest BCUT2D eigenvalue weighted by Gasteiger charge is 2.49. The van der Waals surface area contributed by atoms with Gasteiger partial charge in [-0.2, -0.15) is 0 Å². The van der Waals surface area contributed by atoms with Crippen molar-refractivity contribution in [3.63, 3.8) is 0 Å². The number of amides is 2. The average Bonchev–Trinajstić information content (AvgIpc) is 3.40. The number of fused-ring (bicyclic) bond motifs is 3. The minimum absolute atomic E-state index is 0.0245. The highest BCUT2D eigenvalue weighted by molar-refractivity contribution is 6.31. The molecule has 0 radical (unpaired) electrons. The number of carbonyl (C=O) groups excluding carboxylic acids is 2. The second kappa shape index (κ2) is 9.81. The van der Waals surface area contributed by atoms with Gasteiger partial charge in [0.1, 0.15) is 17.3 Å². The first-order chi connectivity index (χ1) is 16.8. The molecule has 3 aliphatic rings. The molecule has 11 heteroatoms. The Hall–Kier alpha value is -2.59. The van der Waals surface area contributed by atoms with Crippen molar-refractivity contribution in [3.05, 3.63) is 57.8 Å². The zero-order valence-corrected chi connectivity index (χ0v) is 19.9. The van der Waals surface area contributed by atoms with E-state index in [1.54, 1.807) is 18.2 Å². The fraction of sp³-hybridized carbons (Fsp3) is 0.417. The van der Waals surface area contributed by atoms with Gasteiger partial charge in [0.05, 0.1) is 35.4 Å². The standard InChI is InChI=1S/C24H23Cl2FN2O6/c25-11-1-4-19-13(5-11)18(30)9-22(34-19)24(32)29-17-8-20-16(7-21(17)35-20)28-23(31)10-33-12-2-3-14(26)15(27)6-12/h1-6,16-18,20-22,30H,7-10H2,(H,28,31)(H,29,32)/t16?,17?,18-,20?,21?,22-/m0/s1. The lowest BCUT2D eigenvalue weighted by molar-refractivity contribution is -0.131. The third-order valence-electron chi connectivity index (χ3n) is 6.48. The number of aliphatic hydroxyl groups is 1. The van der Waals surface area contributed by atoms with Crippen molar-refractivity contribution in [3.8, 4) is 11.5 Å². The van der Waals surface area contributed by atoms with Gasteiger partial charge in [0.25, 0.3) is 11.8 Å². The van der Waals surface area contributed by atoms with Crippen molar-refractivity contribution in [2.24, 2.45) is 0 Å². The Labute approximate surface area is 210 Å². The van der Waals surface area contributed by atoms with Gasteiger partial charge < -0.3 is 30.0 Å². The van der Waals surface area contributed by atoms with Crippen LogP contribution in [0.2, 0.25) is 10.0 Å². The van der Waals surface area contributed by atoms with Crippen molar-refractivity contribution in [2.45, 2.75) is 55.8 Å². The number of halogens is 3. The normalized spacial score (nSPS) is 28.7. The summed E-state index contributed by atoms with van der Waals surface area (Å²) in [4.78, 5) is 25.1. The summed E-state index contributed by atoms with van der Waals surface area (Å²) in [6.45, 7) is -0.275. The highest BCUT2D eigenvalue weighted by Crippen LogP contribution is 2.38. The number of carbonyl (C=O) groups is 2. The molecule has 2 bridgehead atoms. The lowest BCUT2D eigenvalue weighted by atomic mass is 9.90. The monoisotopic (exact) mass is 524 g/mol. The summed E-state index contributed by atoms with van der Waals surface area (Å²) in [6, 6.07) is 8.44. The number of benzene rings is 2. The van der Waals surface area contributed by atoms with Gasteiger partial charge in [0.2, 0.25) is 0 Å². The maximum absolute atomic E-state index is 13.5. The first-order valence-electron chi connectivity index (χ1n) is 11.2. The number of hydrogen-bond acceptors (Lipinski definition) is 6. The molecule has 0 aromatic heterocycles. The van der Waals surface area contributed by atoms with Gasteiger partial charge in [-0.1, -0.05) is 23.2 Å². The molecule has 0 aliphatic carbocycles. The van der Waals surface area contributed by atoms with E-state index in [2.05, 4.69) is 10.6 Å². The molecule has 3 aliphatic heterocycles. The summed E-state index contributed by atoms with van der Waals surface area (Å²) < 4.78 is 30.5. The molecular weight excluding hydrogens is 502 g/mol. The van der Waals surface area contributed by atoms with Crippen LogP contribution in [0.5, 0.6) is 11.5 Å². The van der Waals surface area contributed by atoms with E-state index >= 15 is 0 Å². The molecule has 2 amide bonds. The Kier molecular flexibility index (Phi) is 6.76. The van der Waals surface area contributed by atoms with Crippen molar-refractivity contribution < 1.29 is 33.3 Å². The van der Waals surface area contributed by atoms with Gasteiger partial charge in [-0.05, 0) is 43.2 Å². The number of hydrogen-bond donors (Lipinski definition) is 3. The van der Waals surface area contributed by atoms with Gasteiger partial charge in [-0.15, -0.1) is 0 Å². The van der Waals surface area contributed by atoms with E-state index in [9.17, 15) is 19.1 Å². The first-order valence-corrected chi connectivity index (χ1v) is 12.0. The van der Waals surface area contributed by atoms with Crippen molar-refractivity contribution >= 4 is 35.0 Å². The van der Waals surface area contributed by atoms with E-state index in [1.807, 2.05) is 0 Å². The quantitative estimate of drug-likeness (QED) is 0.536. The molecule has 0 spiro atoms. The van der Waals surface area contributed by atoms with Gasteiger partial charge in [-0.25, -0.2) is 4.39 Å². The van der Waals surface area contributed by atoms with Crippen molar-refractivity contribution in [1.82, 2.24) is 10.6 Å². The Bertz CT molecular complexity index is 1150. The summed E-state index contributed by atoms with van der Waals surface area (Å²) in [5.41, 5.74) is 0.563. The molecule has 3 heterocycles. The summed E-state index contributed by atoms with van der Waals surface area (Å²) in [7, 11) is 0. The summed E-state index contributed by atoms with van der Waals surface area (Å²) in [5.74, 6) is -0.667. The molecule has 2 saturated heterocycles. The van der Waals surface area contributed by atoms with Gasteiger partial charge in [0.15, 0.2) is 12.7 Å². The number of rotatable bonds is 6. The number of nitrogens with one attached hydrogen (secondary N) is 2. The zero-order chi connectivity index (χ0) is 24.7. The van der Waals surface area contributed by atoms with Crippen LogP contribution in [0.4, 0.5) is 4.39 Å². The van der Waals surface area contributed by atoms with Crippen LogP contribution in [0, 0.1) is 5.82 Å². The fourth-order valence-electron chi connectivity index (χ4n) is 4.78. The molecule has 35 heavy (non-hydrogen) atoms. The Morgan fingerprint density at radius 2 is 1.80 bits per heavy atom. The van der Waals surface area contributed by atoms with Crippen LogP contribution in [-0.2, 0) is 14.3 Å². The maximum Gasteiger partial charge on any atom is 0.261 e. The zero-order valence-electron chi connectivity index (χ0n) is 18.4. The third kappa shape index (κ3) is 5.18. The molecular formula is C24H23Cl2FN2O6. The van der Waals surface area contributed by atoms with E-state index in [-0.39, 0.29) is 59.9 Å². The van der Waals surface area contributed by atoms with Crippen molar-refractivity contribution in [1.29, 1.82) is 0 Å². The smallest absolute Gasteiger partial charge is 0.261 e. The highest BCUT2D eigenvalue weighted by atomic mass is 35.5. The summed E-state index contributed by atoms with van der Waals surface area (Å²) in [6.07, 6.45) is -0.989. The predicted molar refractivity (Wildman–Crippen MR) is 124 cm³/mol. The third-order valence-corrected chi connectivity index (χ3v) is 7.03. The van der Waals surface area contributed by atoms with Crippen LogP contribution < -0.4 is 20.1 Å². The van der Waals surface area contributed by atoms with Gasteiger partial charge in [0, 0.05) is 23.1 Å². The van der Waals surface area contributed by atoms with Gasteiger partial charge in [-0.3, -0.25) is 9.59 Å². The molecule has 0 saturated carbocycles. The largest absolute Gasteiger partial charge is 0.484 e. The van der Waals surface area contributed by atoms with Crippen LogP contribution in [-0.4, -0.2) is 53.9 Å². The van der Waals surface area contributed by atoms with Crippen molar-refractivity contribution in [2.75, 3.05) is 6.61 Å². The number of aliphatic hydroxyl groups excluding tert-OH is 1. The van der Waals surface area contributed by atoms with Crippen LogP contribution in [0.3, 0.4) is 0 Å². The summed E-state index contributed by atoms with van der Waals surface area (Å²) in [5, 5.41) is 16.7. The molecule has 2 aromatic carbocycles. The molecule has 3 N–H and O–H groups in total. The number of ether oxygens (including phenoxy) is 3. The Balaban J connectivity index is 1.09. The van der Waals surface area contributed by atoms with E-state index < -0.39 is 18.0 Å². The molecule has 2 fully saturated rings. The Morgan fingerprint density at radius 1 is 1.06 bits per heavy atom. The van der Waals surface area contributed by atoms with Crippen LogP contribution in [0.15, 0.2) is 36.4 Å². The maximum atomic E-state index is 13.5. The topological polar surface area (TPSA) is 106 Å². The molecule has 8 nitrogen and oxygen atoms in total. The molecule has 4 unspecified atom stereocenters. The minimum atomic E-state index is -0.851. The SMILES string of the molecule is O=C(COc1ccc(Cl)c(F)c1)NC1CC2OC1CC2NC(=O)[C@@H]1C[C@H](O)c2cc(Cl)ccc2O1. The predicted octanol–water partition coefficient (Wildman–Crippen LogP) is 2.93. The second-order valence-corrected chi connectivity index (χ2v) is 9.72. The van der Waals surface area contributed by atoms with Crippen LogP contribution in [0.25, 0.3) is 0 Å². The lowest BCUT2D eigenvalue weighted by Gasteiger charge is -2.31. The van der Waals surface area contributed by atoms with E-state index in [0.717, 1.165) is 6.07 Å². The molecule has 186 valence electrons. The molecule has 6 atom stereocenters. The van der Waals surface area contributed by atoms with E-state index in [4.69, 9.17) is 37.4 Å². The Morgan fingerprint density at radius 3 is 2.51 bits per heavy atom. The second-order valence-electron chi connectivity index (χ2n) is 8.88.